The molecular weight excluding hydrogens is 380 g/mol. The Kier molecular flexibility index (Phi) is 4.84. The SMILES string of the molecule is Cc1ccc(C2=NC(C(F)(F)F)(C(F)(F)F)OC3(CCCCC3)S2)cc1. The fraction of sp³-hybridized carbons (Fsp3) is 0.588. The number of ether oxygens (including phenoxy) is 1. The monoisotopic (exact) mass is 397 g/mol. The molecule has 2 aliphatic rings. The lowest BCUT2D eigenvalue weighted by Crippen LogP contribution is -2.63. The van der Waals surface area contributed by atoms with Crippen molar-refractivity contribution in [1.29, 1.82) is 0 Å². The number of hydrogen-bond donors (Lipinski definition) is 0. The van der Waals surface area contributed by atoms with E-state index in [1.165, 1.54) is 12.1 Å². The number of aryl methyl sites for hydroxylation is 1. The summed E-state index contributed by atoms with van der Waals surface area (Å²) >= 11 is 0.876. The molecule has 1 aromatic rings. The minimum atomic E-state index is -5.72. The summed E-state index contributed by atoms with van der Waals surface area (Å²) in [6.07, 6.45) is -9.40. The van der Waals surface area contributed by atoms with Crippen LogP contribution in [0.5, 0.6) is 0 Å². The van der Waals surface area contributed by atoms with Crippen molar-refractivity contribution in [3.05, 3.63) is 35.4 Å². The van der Waals surface area contributed by atoms with Crippen LogP contribution < -0.4 is 0 Å². The smallest absolute Gasteiger partial charge is 0.321 e. The van der Waals surface area contributed by atoms with E-state index in [4.69, 9.17) is 4.74 Å². The molecule has 0 atom stereocenters. The molecule has 9 heteroatoms. The van der Waals surface area contributed by atoms with Crippen LogP contribution in [0.2, 0.25) is 0 Å². The number of rotatable bonds is 1. The van der Waals surface area contributed by atoms with Crippen molar-refractivity contribution < 1.29 is 31.1 Å². The van der Waals surface area contributed by atoms with Gasteiger partial charge in [-0.2, -0.15) is 26.3 Å². The van der Waals surface area contributed by atoms with Gasteiger partial charge in [0.2, 0.25) is 0 Å². The number of halogens is 6. The van der Waals surface area contributed by atoms with E-state index in [0.717, 1.165) is 23.7 Å². The Balaban J connectivity index is 2.17. The van der Waals surface area contributed by atoms with Gasteiger partial charge in [-0.1, -0.05) is 48.0 Å². The van der Waals surface area contributed by atoms with Crippen LogP contribution in [0.3, 0.4) is 0 Å². The Bertz CT molecular complexity index is 675. The normalized spacial score (nSPS) is 23.0. The molecule has 1 aromatic carbocycles. The Morgan fingerprint density at radius 1 is 0.923 bits per heavy atom. The highest BCUT2D eigenvalue weighted by Crippen LogP contribution is 2.57. The van der Waals surface area contributed by atoms with Crippen molar-refractivity contribution in [3.8, 4) is 0 Å². The van der Waals surface area contributed by atoms with Crippen LogP contribution in [0, 0.1) is 6.92 Å². The molecular formula is C17H17F6NOS. The van der Waals surface area contributed by atoms with Gasteiger partial charge >= 0.3 is 18.1 Å². The predicted octanol–water partition coefficient (Wildman–Crippen LogP) is 5.99. The van der Waals surface area contributed by atoms with Gasteiger partial charge in [0.15, 0.2) is 0 Å². The van der Waals surface area contributed by atoms with Gasteiger partial charge in [0.05, 0.1) is 0 Å². The molecule has 26 heavy (non-hydrogen) atoms. The van der Waals surface area contributed by atoms with E-state index in [9.17, 15) is 26.3 Å². The maximum Gasteiger partial charge on any atom is 0.448 e. The van der Waals surface area contributed by atoms with E-state index < -0.39 is 23.0 Å². The third-order valence-corrected chi connectivity index (χ3v) is 5.94. The van der Waals surface area contributed by atoms with Crippen LogP contribution in [0.1, 0.15) is 43.2 Å². The van der Waals surface area contributed by atoms with Crippen LogP contribution in [0.15, 0.2) is 29.3 Å². The molecule has 0 radical (unpaired) electrons. The summed E-state index contributed by atoms with van der Waals surface area (Å²) < 4.78 is 86.6. The van der Waals surface area contributed by atoms with Gasteiger partial charge in [-0.05, 0) is 32.6 Å². The average molecular weight is 397 g/mol. The highest BCUT2D eigenvalue weighted by molar-refractivity contribution is 8.15. The molecule has 2 nitrogen and oxygen atoms in total. The molecule has 1 spiro atoms. The number of thioether (sulfide) groups is 1. The largest absolute Gasteiger partial charge is 0.448 e. The predicted molar refractivity (Wildman–Crippen MR) is 87.0 cm³/mol. The second-order valence-electron chi connectivity index (χ2n) is 6.60. The Hall–Kier alpha value is -1.22. The van der Waals surface area contributed by atoms with Crippen molar-refractivity contribution in [2.24, 2.45) is 4.99 Å². The van der Waals surface area contributed by atoms with E-state index >= 15 is 0 Å². The maximum atomic E-state index is 13.6. The molecule has 1 heterocycles. The number of hydrogen-bond acceptors (Lipinski definition) is 3. The first-order chi connectivity index (χ1) is 12.0. The minimum absolute atomic E-state index is 0.121. The highest BCUT2D eigenvalue weighted by atomic mass is 32.2. The second-order valence-corrected chi connectivity index (χ2v) is 7.93. The fourth-order valence-electron chi connectivity index (χ4n) is 3.17. The molecule has 144 valence electrons. The second kappa shape index (κ2) is 6.44. The average Bonchev–Trinajstić information content (AvgIpc) is 2.53. The molecule has 0 bridgehead atoms. The molecule has 0 aromatic heterocycles. The summed E-state index contributed by atoms with van der Waals surface area (Å²) in [4.78, 5) is 1.53. The number of nitrogens with zero attached hydrogens (tertiary/aromatic N) is 1. The Labute approximate surface area is 151 Å². The lowest BCUT2D eigenvalue weighted by molar-refractivity contribution is -0.393. The first-order valence-electron chi connectivity index (χ1n) is 8.18. The minimum Gasteiger partial charge on any atom is -0.321 e. The number of alkyl halides is 6. The lowest BCUT2D eigenvalue weighted by atomic mass is 9.96. The quantitative estimate of drug-likeness (QED) is 0.543. The topological polar surface area (TPSA) is 21.6 Å². The van der Waals surface area contributed by atoms with E-state index in [1.807, 2.05) is 0 Å². The molecule has 0 saturated heterocycles. The Morgan fingerprint density at radius 2 is 1.46 bits per heavy atom. The lowest BCUT2D eigenvalue weighted by Gasteiger charge is -2.47. The van der Waals surface area contributed by atoms with Crippen LogP contribution in [-0.4, -0.2) is 28.1 Å². The summed E-state index contributed by atoms with van der Waals surface area (Å²) in [5.41, 5.74) is -3.47. The van der Waals surface area contributed by atoms with Crippen molar-refractivity contribution in [3.63, 3.8) is 0 Å². The molecule has 0 unspecified atom stereocenters. The van der Waals surface area contributed by atoms with Crippen molar-refractivity contribution in [2.45, 2.75) is 62.0 Å². The zero-order valence-corrected chi connectivity index (χ0v) is 14.7. The molecule has 3 rings (SSSR count). The van der Waals surface area contributed by atoms with Gasteiger partial charge in [0.1, 0.15) is 9.98 Å². The zero-order chi connectivity index (χ0) is 19.2. The van der Waals surface area contributed by atoms with Gasteiger partial charge in [0.25, 0.3) is 0 Å². The fourth-order valence-corrected chi connectivity index (χ4v) is 4.61. The maximum absolute atomic E-state index is 13.6. The van der Waals surface area contributed by atoms with Crippen LogP contribution in [-0.2, 0) is 4.74 Å². The molecule has 0 amide bonds. The molecule has 1 aliphatic carbocycles. The first kappa shape index (κ1) is 19.5. The molecule has 1 saturated carbocycles. The summed E-state index contributed by atoms with van der Waals surface area (Å²) in [5, 5.41) is -0.284. The summed E-state index contributed by atoms with van der Waals surface area (Å²) in [6.45, 7) is 1.78. The van der Waals surface area contributed by atoms with Crippen molar-refractivity contribution in [1.82, 2.24) is 0 Å². The van der Waals surface area contributed by atoms with Gasteiger partial charge in [-0.25, -0.2) is 4.99 Å². The van der Waals surface area contributed by atoms with Crippen LogP contribution >= 0.6 is 11.8 Å². The third kappa shape index (κ3) is 3.35. The third-order valence-electron chi connectivity index (χ3n) is 4.56. The van der Waals surface area contributed by atoms with E-state index in [0.29, 0.717) is 12.8 Å². The molecule has 0 N–H and O–H groups in total. The van der Waals surface area contributed by atoms with Gasteiger partial charge in [-0.3, -0.25) is 0 Å². The summed E-state index contributed by atoms with van der Waals surface area (Å²) in [6, 6.07) is 6.23. The molecule has 1 aliphatic heterocycles. The summed E-state index contributed by atoms with van der Waals surface area (Å²) in [5.74, 6) is 0. The van der Waals surface area contributed by atoms with Gasteiger partial charge < -0.3 is 4.74 Å². The van der Waals surface area contributed by atoms with Crippen molar-refractivity contribution in [2.75, 3.05) is 0 Å². The summed E-state index contributed by atoms with van der Waals surface area (Å²) in [7, 11) is 0. The van der Waals surface area contributed by atoms with Gasteiger partial charge in [0, 0.05) is 5.56 Å². The zero-order valence-electron chi connectivity index (χ0n) is 13.9. The van der Waals surface area contributed by atoms with Crippen molar-refractivity contribution >= 4 is 16.8 Å². The van der Waals surface area contributed by atoms with E-state index in [2.05, 4.69) is 4.99 Å². The van der Waals surface area contributed by atoms with Crippen LogP contribution in [0.25, 0.3) is 0 Å². The van der Waals surface area contributed by atoms with E-state index in [1.54, 1.807) is 19.1 Å². The Morgan fingerprint density at radius 3 is 1.96 bits per heavy atom. The molecule has 1 fully saturated rings. The standard InChI is InChI=1S/C17H17F6NOS/c1-11-5-7-12(8-6-11)13-24-15(16(18,19)20,17(21,22)23)25-14(26-13)9-3-2-4-10-14/h5-8H,2-4,9-10H2,1H3. The first-order valence-corrected chi connectivity index (χ1v) is 8.99. The highest BCUT2D eigenvalue weighted by Gasteiger charge is 2.76. The van der Waals surface area contributed by atoms with E-state index in [-0.39, 0.29) is 23.4 Å². The number of aliphatic imine (C=N–C) groups is 1. The number of benzene rings is 1. The van der Waals surface area contributed by atoms with Crippen LogP contribution in [0.4, 0.5) is 26.3 Å². The van der Waals surface area contributed by atoms with Gasteiger partial charge in [-0.15, -0.1) is 0 Å².